The molecule has 0 saturated carbocycles. The summed E-state index contributed by atoms with van der Waals surface area (Å²) in [5.41, 5.74) is 5.51. The Morgan fingerprint density at radius 1 is 1.19 bits per heavy atom. The molecule has 0 aliphatic rings. The summed E-state index contributed by atoms with van der Waals surface area (Å²) in [4.78, 5) is 16.8. The van der Waals surface area contributed by atoms with E-state index in [0.29, 0.717) is 0 Å². The number of aromatic nitrogens is 4. The lowest BCUT2D eigenvalue weighted by molar-refractivity contribution is 0.865. The predicted octanol–water partition coefficient (Wildman–Crippen LogP) is 3.67. The van der Waals surface area contributed by atoms with Crippen LogP contribution < -0.4 is 0 Å². The van der Waals surface area contributed by atoms with Gasteiger partial charge in [-0.3, -0.25) is 0 Å². The molecule has 3 heterocycles. The molecular formula is C16H18N4S. The van der Waals surface area contributed by atoms with Crippen molar-refractivity contribution in [2.45, 2.75) is 32.3 Å². The summed E-state index contributed by atoms with van der Waals surface area (Å²) in [6, 6.07) is 4.07. The number of aromatic amines is 1. The second-order valence-electron chi connectivity index (χ2n) is 4.98. The predicted molar refractivity (Wildman–Crippen MR) is 86.8 cm³/mol. The second-order valence-corrected chi connectivity index (χ2v) is 6.21. The highest BCUT2D eigenvalue weighted by Gasteiger charge is 2.12. The highest BCUT2D eigenvalue weighted by atomic mass is 32.2. The molecule has 108 valence electrons. The molecule has 1 N–H and O–H groups in total. The summed E-state index contributed by atoms with van der Waals surface area (Å²) < 4.78 is 0. The zero-order valence-corrected chi connectivity index (χ0v) is 13.3. The zero-order valence-electron chi connectivity index (χ0n) is 12.5. The molecule has 0 unspecified atom stereocenters. The molecule has 0 saturated heterocycles. The van der Waals surface area contributed by atoms with Crippen molar-refractivity contribution in [3.63, 3.8) is 0 Å². The molecule has 21 heavy (non-hydrogen) atoms. The Bertz CT molecular complexity index is 756. The van der Waals surface area contributed by atoms with Gasteiger partial charge in [-0.05, 0) is 42.9 Å². The average Bonchev–Trinajstić information content (AvgIpc) is 2.86. The van der Waals surface area contributed by atoms with Crippen LogP contribution >= 0.6 is 11.8 Å². The molecule has 5 heteroatoms. The topological polar surface area (TPSA) is 54.5 Å². The Labute approximate surface area is 128 Å². The van der Waals surface area contributed by atoms with Gasteiger partial charge in [-0.25, -0.2) is 15.0 Å². The van der Waals surface area contributed by atoms with Gasteiger partial charge in [0.15, 0.2) is 5.16 Å². The van der Waals surface area contributed by atoms with E-state index in [1.54, 1.807) is 18.0 Å². The molecule has 0 aromatic carbocycles. The zero-order chi connectivity index (χ0) is 14.8. The smallest absolute Gasteiger partial charge is 0.187 e. The number of fused-ring (bicyclic) bond motifs is 1. The van der Waals surface area contributed by atoms with Crippen LogP contribution in [-0.4, -0.2) is 25.7 Å². The molecule has 0 atom stereocenters. The van der Waals surface area contributed by atoms with Crippen LogP contribution in [0, 0.1) is 13.8 Å². The first-order chi connectivity index (χ1) is 10.2. The van der Waals surface area contributed by atoms with E-state index in [2.05, 4.69) is 46.8 Å². The fraction of sp³-hybridized carbons (Fsp3) is 0.312. The fourth-order valence-corrected chi connectivity index (χ4v) is 3.17. The standard InChI is InChI=1S/C16H18N4S/c1-4-21-16-19-10(2)14(11(3)20-16)8-12-9-18-15-13(12)6-5-7-17-15/h5-7,9H,4,8H2,1-3H3,(H,17,18). The van der Waals surface area contributed by atoms with Gasteiger partial charge in [0.25, 0.3) is 0 Å². The number of nitrogens with zero attached hydrogens (tertiary/aromatic N) is 3. The van der Waals surface area contributed by atoms with Crippen molar-refractivity contribution in [1.29, 1.82) is 0 Å². The van der Waals surface area contributed by atoms with E-state index in [4.69, 9.17) is 0 Å². The van der Waals surface area contributed by atoms with Gasteiger partial charge in [-0.15, -0.1) is 0 Å². The van der Waals surface area contributed by atoms with E-state index in [0.717, 1.165) is 34.4 Å². The summed E-state index contributed by atoms with van der Waals surface area (Å²) in [5.74, 6) is 0.992. The summed E-state index contributed by atoms with van der Waals surface area (Å²) in [6.07, 6.45) is 4.67. The van der Waals surface area contributed by atoms with Crippen LogP contribution in [0.25, 0.3) is 11.0 Å². The van der Waals surface area contributed by atoms with Crippen molar-refractivity contribution in [3.8, 4) is 0 Å². The minimum atomic E-state index is 0.834. The first kappa shape index (κ1) is 14.1. The van der Waals surface area contributed by atoms with Gasteiger partial charge in [0.2, 0.25) is 0 Å². The maximum Gasteiger partial charge on any atom is 0.187 e. The Hall–Kier alpha value is -1.88. The third-order valence-corrected chi connectivity index (χ3v) is 4.31. The molecule has 0 fully saturated rings. The summed E-state index contributed by atoms with van der Waals surface area (Å²) in [5, 5.41) is 2.04. The fourth-order valence-electron chi connectivity index (χ4n) is 2.51. The Morgan fingerprint density at radius 3 is 2.67 bits per heavy atom. The maximum atomic E-state index is 4.61. The van der Waals surface area contributed by atoms with E-state index in [1.165, 1.54) is 16.5 Å². The van der Waals surface area contributed by atoms with Gasteiger partial charge in [0.05, 0.1) is 0 Å². The van der Waals surface area contributed by atoms with E-state index in [9.17, 15) is 0 Å². The summed E-state index contributed by atoms with van der Waals surface area (Å²) in [7, 11) is 0. The summed E-state index contributed by atoms with van der Waals surface area (Å²) in [6.45, 7) is 6.25. The molecule has 0 amide bonds. The van der Waals surface area contributed by atoms with E-state index >= 15 is 0 Å². The van der Waals surface area contributed by atoms with Crippen LogP contribution in [0.2, 0.25) is 0 Å². The van der Waals surface area contributed by atoms with Gasteiger partial charge in [-0.2, -0.15) is 0 Å². The van der Waals surface area contributed by atoms with Crippen molar-refractivity contribution in [1.82, 2.24) is 19.9 Å². The lowest BCUT2D eigenvalue weighted by Gasteiger charge is -2.10. The lowest BCUT2D eigenvalue weighted by Crippen LogP contribution is -2.03. The quantitative estimate of drug-likeness (QED) is 0.590. The molecular weight excluding hydrogens is 280 g/mol. The van der Waals surface area contributed by atoms with Crippen LogP contribution in [-0.2, 0) is 6.42 Å². The molecule has 3 aromatic rings. The number of aryl methyl sites for hydroxylation is 2. The lowest BCUT2D eigenvalue weighted by atomic mass is 10.0. The maximum absolute atomic E-state index is 4.61. The number of hydrogen-bond donors (Lipinski definition) is 1. The average molecular weight is 298 g/mol. The van der Waals surface area contributed by atoms with Gasteiger partial charge in [-0.1, -0.05) is 18.7 Å². The Morgan fingerprint density at radius 2 is 1.95 bits per heavy atom. The van der Waals surface area contributed by atoms with Crippen molar-refractivity contribution >= 4 is 22.8 Å². The first-order valence-corrected chi connectivity index (χ1v) is 8.05. The third kappa shape index (κ3) is 2.78. The Kier molecular flexibility index (Phi) is 3.92. The molecule has 3 aromatic heterocycles. The van der Waals surface area contributed by atoms with E-state index in [-0.39, 0.29) is 0 Å². The summed E-state index contributed by atoms with van der Waals surface area (Å²) >= 11 is 1.68. The molecule has 0 spiro atoms. The van der Waals surface area contributed by atoms with Gasteiger partial charge >= 0.3 is 0 Å². The number of H-pyrrole nitrogens is 1. The third-order valence-electron chi connectivity index (χ3n) is 3.58. The number of pyridine rings is 1. The van der Waals surface area contributed by atoms with Gasteiger partial charge in [0.1, 0.15) is 5.65 Å². The largest absolute Gasteiger partial charge is 0.346 e. The first-order valence-electron chi connectivity index (χ1n) is 7.07. The van der Waals surface area contributed by atoms with Crippen molar-refractivity contribution in [2.75, 3.05) is 5.75 Å². The minimum absolute atomic E-state index is 0.834. The molecule has 0 radical (unpaired) electrons. The SMILES string of the molecule is CCSc1nc(C)c(Cc2c[nH]c3ncccc23)c(C)n1. The number of nitrogens with one attached hydrogen (secondary N) is 1. The van der Waals surface area contributed by atoms with Gasteiger partial charge in [0, 0.05) is 35.6 Å². The van der Waals surface area contributed by atoms with Crippen molar-refractivity contribution < 1.29 is 0 Å². The number of rotatable bonds is 4. The molecule has 4 nitrogen and oxygen atoms in total. The van der Waals surface area contributed by atoms with Crippen molar-refractivity contribution in [2.24, 2.45) is 0 Å². The molecule has 0 aliphatic carbocycles. The van der Waals surface area contributed by atoms with Crippen LogP contribution in [0.3, 0.4) is 0 Å². The number of hydrogen-bond acceptors (Lipinski definition) is 4. The van der Waals surface area contributed by atoms with Crippen LogP contribution in [0.15, 0.2) is 29.7 Å². The van der Waals surface area contributed by atoms with Crippen LogP contribution in [0.1, 0.15) is 29.4 Å². The van der Waals surface area contributed by atoms with Crippen molar-refractivity contribution in [3.05, 3.63) is 47.0 Å². The number of thioether (sulfide) groups is 1. The van der Waals surface area contributed by atoms with Crippen LogP contribution in [0.4, 0.5) is 0 Å². The van der Waals surface area contributed by atoms with E-state index in [1.807, 2.05) is 12.3 Å². The van der Waals surface area contributed by atoms with Gasteiger partial charge < -0.3 is 4.98 Å². The Balaban J connectivity index is 1.98. The highest BCUT2D eigenvalue weighted by Crippen LogP contribution is 2.23. The minimum Gasteiger partial charge on any atom is -0.346 e. The molecule has 0 aliphatic heterocycles. The van der Waals surface area contributed by atoms with Crippen LogP contribution in [0.5, 0.6) is 0 Å². The second kappa shape index (κ2) is 5.85. The molecule has 0 bridgehead atoms. The monoisotopic (exact) mass is 298 g/mol. The normalized spacial score (nSPS) is 11.2. The molecule has 3 rings (SSSR count). The van der Waals surface area contributed by atoms with E-state index < -0.39 is 0 Å². The highest BCUT2D eigenvalue weighted by molar-refractivity contribution is 7.99.